The summed E-state index contributed by atoms with van der Waals surface area (Å²) in [5.41, 5.74) is 0.259. The summed E-state index contributed by atoms with van der Waals surface area (Å²) in [6.07, 6.45) is 2.64. The Hall–Kier alpha value is -1.57. The zero-order valence-electron chi connectivity index (χ0n) is 10.4. The number of sulfone groups is 1. The molecule has 1 aromatic carbocycles. The third kappa shape index (κ3) is 3.50. The molecule has 1 saturated heterocycles. The van der Waals surface area contributed by atoms with Crippen molar-refractivity contribution in [3.63, 3.8) is 0 Å². The molecular weight excluding hydrogens is 288 g/mol. The van der Waals surface area contributed by atoms with Gasteiger partial charge in [0.1, 0.15) is 17.9 Å². The quantitative estimate of drug-likeness (QED) is 0.861. The Labute approximate surface area is 115 Å². The molecule has 2 rings (SSSR count). The molecule has 20 heavy (non-hydrogen) atoms. The first-order valence-corrected chi connectivity index (χ1v) is 7.52. The van der Waals surface area contributed by atoms with Crippen molar-refractivity contribution in [2.24, 2.45) is 0 Å². The van der Waals surface area contributed by atoms with Crippen LogP contribution in [-0.2, 0) is 9.84 Å². The highest BCUT2D eigenvalue weighted by atomic mass is 32.2. The van der Waals surface area contributed by atoms with Crippen LogP contribution >= 0.6 is 0 Å². The highest BCUT2D eigenvalue weighted by molar-refractivity contribution is 7.95. The molecule has 0 amide bonds. The number of halogens is 2. The van der Waals surface area contributed by atoms with Crippen molar-refractivity contribution in [1.29, 1.82) is 0 Å². The first kappa shape index (κ1) is 14.8. The number of aliphatic hydroxyl groups excluding tert-OH is 1. The molecule has 1 fully saturated rings. The van der Waals surface area contributed by atoms with Gasteiger partial charge in [0.25, 0.3) is 0 Å². The SMILES string of the molecule is O=S1(=O)CCNC(O)/C1=C\C=C\c1cc(F)cc(F)c1. The Morgan fingerprint density at radius 1 is 1.25 bits per heavy atom. The van der Waals surface area contributed by atoms with Crippen molar-refractivity contribution >= 4 is 15.9 Å². The standard InChI is InChI=1S/C13H13F2NO3S/c14-10-6-9(7-11(15)8-10)2-1-3-12-13(17)16-4-5-20(12,18)19/h1-3,6-8,13,16-17H,4-5H2/b2-1+,12-3+. The van der Waals surface area contributed by atoms with E-state index in [9.17, 15) is 22.3 Å². The topological polar surface area (TPSA) is 66.4 Å². The van der Waals surface area contributed by atoms with Crippen molar-refractivity contribution in [2.75, 3.05) is 12.3 Å². The van der Waals surface area contributed by atoms with Crippen LogP contribution in [0.5, 0.6) is 0 Å². The van der Waals surface area contributed by atoms with Crippen LogP contribution in [0.2, 0.25) is 0 Å². The maximum absolute atomic E-state index is 13.0. The van der Waals surface area contributed by atoms with Gasteiger partial charge in [-0.1, -0.05) is 12.2 Å². The van der Waals surface area contributed by atoms with Crippen LogP contribution < -0.4 is 5.32 Å². The lowest BCUT2D eigenvalue weighted by Crippen LogP contribution is -2.43. The number of nitrogens with one attached hydrogen (secondary N) is 1. The Morgan fingerprint density at radius 3 is 2.50 bits per heavy atom. The fourth-order valence-electron chi connectivity index (χ4n) is 1.84. The van der Waals surface area contributed by atoms with Gasteiger partial charge in [0.05, 0.1) is 10.7 Å². The van der Waals surface area contributed by atoms with Crippen LogP contribution in [0.1, 0.15) is 5.56 Å². The second-order valence-electron chi connectivity index (χ2n) is 4.31. The summed E-state index contributed by atoms with van der Waals surface area (Å²) in [5.74, 6) is -1.54. The van der Waals surface area contributed by atoms with Crippen molar-refractivity contribution in [3.05, 3.63) is 52.5 Å². The lowest BCUT2D eigenvalue weighted by atomic mass is 10.2. The molecule has 0 bridgehead atoms. The monoisotopic (exact) mass is 301 g/mol. The van der Waals surface area contributed by atoms with Crippen LogP contribution in [0.15, 0.2) is 35.3 Å². The van der Waals surface area contributed by atoms with E-state index >= 15 is 0 Å². The molecule has 1 heterocycles. The van der Waals surface area contributed by atoms with E-state index in [0.717, 1.165) is 18.2 Å². The average molecular weight is 301 g/mol. The molecule has 0 radical (unpaired) electrons. The van der Waals surface area contributed by atoms with E-state index in [-0.39, 0.29) is 22.8 Å². The van der Waals surface area contributed by atoms with Crippen molar-refractivity contribution < 1.29 is 22.3 Å². The largest absolute Gasteiger partial charge is 0.374 e. The first-order valence-electron chi connectivity index (χ1n) is 5.87. The minimum atomic E-state index is -3.49. The Kier molecular flexibility index (Phi) is 4.32. The maximum atomic E-state index is 13.0. The minimum Gasteiger partial charge on any atom is -0.374 e. The molecule has 1 aliphatic rings. The Morgan fingerprint density at radius 2 is 1.90 bits per heavy atom. The fraction of sp³-hybridized carbons (Fsp3) is 0.231. The summed E-state index contributed by atoms with van der Waals surface area (Å²) in [6, 6.07) is 2.97. The van der Waals surface area contributed by atoms with Crippen molar-refractivity contribution in [2.45, 2.75) is 6.23 Å². The lowest BCUT2D eigenvalue weighted by molar-refractivity contribution is 0.179. The minimum absolute atomic E-state index is 0.0989. The molecule has 0 aromatic heterocycles. The smallest absolute Gasteiger partial charge is 0.179 e. The van der Waals surface area contributed by atoms with Crippen LogP contribution in [0.25, 0.3) is 6.08 Å². The van der Waals surface area contributed by atoms with Crippen LogP contribution in [0.4, 0.5) is 8.78 Å². The van der Waals surface area contributed by atoms with Crippen molar-refractivity contribution in [3.8, 4) is 0 Å². The van der Waals surface area contributed by atoms with E-state index in [1.807, 2.05) is 0 Å². The van der Waals surface area contributed by atoms with Gasteiger partial charge in [-0.05, 0) is 23.8 Å². The van der Waals surface area contributed by atoms with E-state index in [0.29, 0.717) is 0 Å². The van der Waals surface area contributed by atoms with Gasteiger partial charge in [0.2, 0.25) is 0 Å². The van der Waals surface area contributed by atoms with Gasteiger partial charge >= 0.3 is 0 Å². The number of aliphatic hydroxyl groups is 1. The third-order valence-electron chi connectivity index (χ3n) is 2.77. The molecule has 2 N–H and O–H groups in total. The number of hydrogen-bond acceptors (Lipinski definition) is 4. The van der Waals surface area contributed by atoms with Gasteiger partial charge in [0.15, 0.2) is 9.84 Å². The average Bonchev–Trinajstić information content (AvgIpc) is 2.31. The van der Waals surface area contributed by atoms with E-state index in [2.05, 4.69) is 5.32 Å². The summed E-state index contributed by atoms with van der Waals surface area (Å²) in [5, 5.41) is 12.2. The Bertz CT molecular complexity index is 648. The zero-order valence-corrected chi connectivity index (χ0v) is 11.2. The highest BCUT2D eigenvalue weighted by Gasteiger charge is 2.28. The third-order valence-corrected chi connectivity index (χ3v) is 4.59. The molecule has 4 nitrogen and oxygen atoms in total. The zero-order chi connectivity index (χ0) is 14.8. The summed E-state index contributed by atoms with van der Waals surface area (Å²) in [6.45, 7) is 0.180. The normalized spacial score (nSPS) is 24.4. The summed E-state index contributed by atoms with van der Waals surface area (Å²) in [7, 11) is -3.49. The number of rotatable bonds is 2. The van der Waals surface area contributed by atoms with Gasteiger partial charge in [-0.25, -0.2) is 17.2 Å². The molecule has 108 valence electrons. The van der Waals surface area contributed by atoms with Gasteiger partial charge in [-0.15, -0.1) is 0 Å². The van der Waals surface area contributed by atoms with Crippen LogP contribution in [0, 0.1) is 11.6 Å². The lowest BCUT2D eigenvalue weighted by Gasteiger charge is -2.21. The number of hydrogen-bond donors (Lipinski definition) is 2. The molecule has 1 unspecified atom stereocenters. The van der Waals surface area contributed by atoms with Crippen LogP contribution in [0.3, 0.4) is 0 Å². The molecular formula is C13H13F2NO3S. The van der Waals surface area contributed by atoms with E-state index in [4.69, 9.17) is 0 Å². The van der Waals surface area contributed by atoms with Gasteiger partial charge < -0.3 is 5.11 Å². The number of allylic oxidation sites excluding steroid dienone is 2. The summed E-state index contributed by atoms with van der Waals surface area (Å²) < 4.78 is 49.4. The van der Waals surface area contributed by atoms with E-state index in [1.165, 1.54) is 18.2 Å². The Balaban J connectivity index is 2.25. The summed E-state index contributed by atoms with van der Waals surface area (Å²) in [4.78, 5) is -0.156. The van der Waals surface area contributed by atoms with Gasteiger partial charge in [-0.2, -0.15) is 0 Å². The molecule has 1 aliphatic heterocycles. The molecule has 0 saturated carbocycles. The van der Waals surface area contributed by atoms with Crippen LogP contribution in [-0.4, -0.2) is 32.0 Å². The molecule has 1 atom stereocenters. The first-order chi connectivity index (χ1) is 9.38. The molecule has 0 aliphatic carbocycles. The predicted molar refractivity (Wildman–Crippen MR) is 71.3 cm³/mol. The second kappa shape index (κ2) is 5.82. The number of benzene rings is 1. The van der Waals surface area contributed by atoms with Gasteiger partial charge in [-0.3, -0.25) is 5.32 Å². The van der Waals surface area contributed by atoms with E-state index < -0.39 is 27.7 Å². The highest BCUT2D eigenvalue weighted by Crippen LogP contribution is 2.16. The molecule has 7 heteroatoms. The predicted octanol–water partition coefficient (Wildman–Crippen LogP) is 1.20. The fourth-order valence-corrected chi connectivity index (χ4v) is 3.17. The molecule has 0 spiro atoms. The summed E-state index contributed by atoms with van der Waals surface area (Å²) >= 11 is 0. The second-order valence-corrected chi connectivity index (χ2v) is 6.42. The maximum Gasteiger partial charge on any atom is 0.179 e. The van der Waals surface area contributed by atoms with Gasteiger partial charge in [0, 0.05) is 12.6 Å². The molecule has 1 aromatic rings. The van der Waals surface area contributed by atoms with Crippen molar-refractivity contribution in [1.82, 2.24) is 5.32 Å². The van der Waals surface area contributed by atoms with E-state index in [1.54, 1.807) is 0 Å².